The summed E-state index contributed by atoms with van der Waals surface area (Å²) >= 11 is 1.31. The van der Waals surface area contributed by atoms with Crippen molar-refractivity contribution in [2.75, 3.05) is 63.3 Å². The number of amides is 3. The van der Waals surface area contributed by atoms with E-state index in [0.29, 0.717) is 50.1 Å². The molecule has 4 rings (SSSR count). The van der Waals surface area contributed by atoms with Gasteiger partial charge in [-0.2, -0.15) is 0 Å². The summed E-state index contributed by atoms with van der Waals surface area (Å²) in [6, 6.07) is 13.4. The minimum absolute atomic E-state index is 0.0953. The maximum Gasteiger partial charge on any atom is 0.322 e. The first kappa shape index (κ1) is 27.3. The third-order valence-corrected chi connectivity index (χ3v) is 6.97. The van der Waals surface area contributed by atoms with Crippen molar-refractivity contribution in [1.82, 2.24) is 14.8 Å². The fourth-order valence-electron chi connectivity index (χ4n) is 4.16. The van der Waals surface area contributed by atoms with E-state index in [9.17, 15) is 14.0 Å². The van der Waals surface area contributed by atoms with Gasteiger partial charge in [-0.25, -0.2) is 14.2 Å². The second-order valence-corrected chi connectivity index (χ2v) is 9.57. The maximum absolute atomic E-state index is 14.0. The summed E-state index contributed by atoms with van der Waals surface area (Å²) in [7, 11) is 1.54. The molecule has 1 N–H and O–H groups in total. The van der Waals surface area contributed by atoms with E-state index in [1.165, 1.54) is 28.4 Å². The Morgan fingerprint density at radius 3 is 2.58 bits per heavy atom. The molecule has 1 fully saturated rings. The van der Waals surface area contributed by atoms with Crippen LogP contribution in [0.4, 0.5) is 20.6 Å². The quantitative estimate of drug-likeness (QED) is 0.411. The minimum atomic E-state index is -0.517. The Balaban J connectivity index is 1.36. The normalized spacial score (nSPS) is 13.3. The van der Waals surface area contributed by atoms with Crippen LogP contribution in [0.25, 0.3) is 0 Å². The van der Waals surface area contributed by atoms with Crippen LogP contribution in [0.15, 0.2) is 53.9 Å². The molecule has 38 heavy (non-hydrogen) atoms. The largest absolute Gasteiger partial charge is 0.492 e. The lowest BCUT2D eigenvalue weighted by molar-refractivity contribution is 0.0741. The summed E-state index contributed by atoms with van der Waals surface area (Å²) in [5.74, 6) is 0.191. The number of carbonyl (C=O) groups is 2. The Bertz CT molecular complexity index is 1230. The van der Waals surface area contributed by atoms with Gasteiger partial charge in [0.15, 0.2) is 0 Å². The van der Waals surface area contributed by atoms with Gasteiger partial charge in [-0.3, -0.25) is 4.79 Å². The fraction of sp³-hybridized carbons (Fsp3) is 0.370. The standard InChI is InChI=1S/C27H32FN5O4S/c1-3-37-24-11-7-6-10-23(24)31-12-14-32(15-13-31)26(34)22-19-38-25(29-22)18-33(16-17-36-2)27(35)30-21-9-5-4-8-20(21)28/h4-11,19H,3,12-18H2,1-2H3,(H,30,35). The van der Waals surface area contributed by atoms with Gasteiger partial charge in [-0.05, 0) is 31.2 Å². The summed E-state index contributed by atoms with van der Waals surface area (Å²) in [5.41, 5.74) is 1.48. The van der Waals surface area contributed by atoms with Gasteiger partial charge in [0.2, 0.25) is 0 Å². The molecule has 1 aromatic heterocycles. The lowest BCUT2D eigenvalue weighted by atomic mass is 10.2. The SMILES string of the molecule is CCOc1ccccc1N1CCN(C(=O)c2csc(CN(CCOC)C(=O)Nc3ccccc3F)n2)CC1. The van der Waals surface area contributed by atoms with Crippen molar-refractivity contribution in [2.45, 2.75) is 13.5 Å². The van der Waals surface area contributed by atoms with Gasteiger partial charge in [0.1, 0.15) is 22.3 Å². The van der Waals surface area contributed by atoms with E-state index in [4.69, 9.17) is 9.47 Å². The van der Waals surface area contributed by atoms with Crippen LogP contribution in [-0.2, 0) is 11.3 Å². The molecule has 2 aromatic carbocycles. The van der Waals surface area contributed by atoms with Crippen LogP contribution in [0, 0.1) is 5.82 Å². The van der Waals surface area contributed by atoms with Crippen molar-refractivity contribution < 1.29 is 23.5 Å². The summed E-state index contributed by atoms with van der Waals surface area (Å²) < 4.78 is 24.9. The Hall–Kier alpha value is -3.70. The Morgan fingerprint density at radius 2 is 1.84 bits per heavy atom. The number of methoxy groups -OCH3 is 1. The molecule has 0 unspecified atom stereocenters. The monoisotopic (exact) mass is 541 g/mol. The van der Waals surface area contributed by atoms with Crippen LogP contribution in [-0.4, -0.2) is 79.8 Å². The number of nitrogens with zero attached hydrogens (tertiary/aromatic N) is 4. The van der Waals surface area contributed by atoms with Crippen molar-refractivity contribution in [3.8, 4) is 5.75 Å². The van der Waals surface area contributed by atoms with Gasteiger partial charge in [0, 0.05) is 45.2 Å². The molecule has 3 amide bonds. The number of aromatic nitrogens is 1. The van der Waals surface area contributed by atoms with E-state index in [1.807, 2.05) is 31.2 Å². The summed E-state index contributed by atoms with van der Waals surface area (Å²) in [4.78, 5) is 36.0. The zero-order valence-electron chi connectivity index (χ0n) is 21.6. The second kappa shape index (κ2) is 13.2. The molecule has 0 saturated carbocycles. The van der Waals surface area contributed by atoms with Gasteiger partial charge in [0.25, 0.3) is 5.91 Å². The highest BCUT2D eigenvalue weighted by atomic mass is 32.1. The van der Waals surface area contributed by atoms with Crippen molar-refractivity contribution in [1.29, 1.82) is 0 Å². The molecule has 0 bridgehead atoms. The highest BCUT2D eigenvalue weighted by Crippen LogP contribution is 2.29. The predicted octanol–water partition coefficient (Wildman–Crippen LogP) is 4.32. The molecular formula is C27H32FN5O4S. The number of hydrogen-bond donors (Lipinski definition) is 1. The number of anilines is 2. The third kappa shape index (κ3) is 6.78. The van der Waals surface area contributed by atoms with Crippen molar-refractivity contribution >= 4 is 34.6 Å². The molecule has 2 heterocycles. The number of urea groups is 1. The average Bonchev–Trinajstić information content (AvgIpc) is 3.41. The number of piperazine rings is 1. The third-order valence-electron chi connectivity index (χ3n) is 6.14. The van der Waals surface area contributed by atoms with Crippen LogP contribution < -0.4 is 15.0 Å². The highest BCUT2D eigenvalue weighted by molar-refractivity contribution is 7.09. The minimum Gasteiger partial charge on any atom is -0.492 e. The molecule has 0 radical (unpaired) electrons. The first-order chi connectivity index (χ1) is 18.5. The van der Waals surface area contributed by atoms with Crippen LogP contribution in [0.3, 0.4) is 0 Å². The highest BCUT2D eigenvalue weighted by Gasteiger charge is 2.26. The van der Waals surface area contributed by atoms with Crippen molar-refractivity contribution in [2.24, 2.45) is 0 Å². The lowest BCUT2D eigenvalue weighted by Crippen LogP contribution is -2.49. The number of ether oxygens (including phenoxy) is 2. The zero-order chi connectivity index (χ0) is 26.9. The summed E-state index contributed by atoms with van der Waals surface area (Å²) in [6.07, 6.45) is 0. The number of carbonyl (C=O) groups excluding carboxylic acids is 2. The van der Waals surface area contributed by atoms with E-state index >= 15 is 0 Å². The molecule has 1 saturated heterocycles. The average molecular weight is 542 g/mol. The number of rotatable bonds is 10. The number of benzene rings is 2. The van der Waals surface area contributed by atoms with E-state index in [1.54, 1.807) is 29.5 Å². The molecule has 0 spiro atoms. The number of nitrogens with one attached hydrogen (secondary N) is 1. The summed E-state index contributed by atoms with van der Waals surface area (Å²) in [6.45, 7) is 5.82. The number of halogens is 1. The first-order valence-electron chi connectivity index (χ1n) is 12.5. The van der Waals surface area contributed by atoms with Gasteiger partial charge >= 0.3 is 6.03 Å². The van der Waals surface area contributed by atoms with Gasteiger partial charge < -0.3 is 29.5 Å². The van der Waals surface area contributed by atoms with Crippen LogP contribution >= 0.6 is 11.3 Å². The smallest absolute Gasteiger partial charge is 0.322 e. The topological polar surface area (TPSA) is 87.2 Å². The summed E-state index contributed by atoms with van der Waals surface area (Å²) in [5, 5.41) is 4.92. The molecular weight excluding hydrogens is 509 g/mol. The Morgan fingerprint density at radius 1 is 1.11 bits per heavy atom. The van der Waals surface area contributed by atoms with Crippen molar-refractivity contribution in [3.05, 3.63) is 70.4 Å². The molecule has 1 aliphatic rings. The lowest BCUT2D eigenvalue weighted by Gasteiger charge is -2.36. The number of hydrogen-bond acceptors (Lipinski definition) is 7. The van der Waals surface area contributed by atoms with Gasteiger partial charge in [-0.15, -0.1) is 11.3 Å². The molecule has 0 aliphatic carbocycles. The van der Waals surface area contributed by atoms with E-state index < -0.39 is 11.8 Å². The van der Waals surface area contributed by atoms with E-state index in [-0.39, 0.29) is 24.7 Å². The van der Waals surface area contributed by atoms with Crippen LogP contribution in [0.5, 0.6) is 5.75 Å². The molecule has 3 aromatic rings. The first-order valence-corrected chi connectivity index (χ1v) is 13.4. The number of para-hydroxylation sites is 3. The predicted molar refractivity (Wildman–Crippen MR) is 146 cm³/mol. The van der Waals surface area contributed by atoms with E-state index in [0.717, 1.165) is 11.4 Å². The van der Waals surface area contributed by atoms with E-state index in [2.05, 4.69) is 15.2 Å². The molecule has 202 valence electrons. The Kier molecular flexibility index (Phi) is 9.50. The van der Waals surface area contributed by atoms with Crippen LogP contribution in [0.1, 0.15) is 22.4 Å². The molecule has 1 aliphatic heterocycles. The second-order valence-electron chi connectivity index (χ2n) is 8.63. The fourth-order valence-corrected chi connectivity index (χ4v) is 4.95. The zero-order valence-corrected chi connectivity index (χ0v) is 22.4. The van der Waals surface area contributed by atoms with Gasteiger partial charge in [0.05, 0.1) is 31.1 Å². The van der Waals surface area contributed by atoms with Crippen molar-refractivity contribution in [3.63, 3.8) is 0 Å². The number of thiazole rings is 1. The Labute approximate surface area is 225 Å². The molecule has 9 nitrogen and oxygen atoms in total. The molecule has 0 atom stereocenters. The maximum atomic E-state index is 14.0. The van der Waals surface area contributed by atoms with Crippen LogP contribution in [0.2, 0.25) is 0 Å². The molecule has 11 heteroatoms. The van der Waals surface area contributed by atoms with Gasteiger partial charge in [-0.1, -0.05) is 24.3 Å².